The average Bonchev–Trinajstić information content (AvgIpc) is 2.32. The summed E-state index contributed by atoms with van der Waals surface area (Å²) in [6.45, 7) is 0. The second kappa shape index (κ2) is 5.57. The van der Waals surface area contributed by atoms with Gasteiger partial charge in [0.2, 0.25) is 0 Å². The smallest absolute Gasteiger partial charge is 0.107 e. The molecular weight excluding hydrogens is 287 g/mol. The highest BCUT2D eigenvalue weighted by molar-refractivity contribution is 7.80. The molecule has 0 aliphatic heterocycles. The van der Waals surface area contributed by atoms with Gasteiger partial charge in [-0.3, -0.25) is 0 Å². The van der Waals surface area contributed by atoms with Gasteiger partial charge in [-0.1, -0.05) is 41.5 Å². The molecule has 0 heterocycles. The molecule has 0 fully saturated rings. The molecule has 92 valence electrons. The first kappa shape index (κ1) is 13.1. The van der Waals surface area contributed by atoms with Gasteiger partial charge in [-0.25, -0.2) is 0 Å². The maximum atomic E-state index is 6.09. The van der Waals surface area contributed by atoms with E-state index in [0.29, 0.717) is 15.6 Å². The highest BCUT2D eigenvalue weighted by atomic mass is 35.5. The summed E-state index contributed by atoms with van der Waals surface area (Å²) in [5, 5.41) is 4.42. The number of anilines is 2. The summed E-state index contributed by atoms with van der Waals surface area (Å²) in [6.07, 6.45) is 0. The van der Waals surface area contributed by atoms with Gasteiger partial charge in [0.25, 0.3) is 0 Å². The van der Waals surface area contributed by atoms with Gasteiger partial charge in [0.05, 0.1) is 16.3 Å². The van der Waals surface area contributed by atoms with Crippen LogP contribution < -0.4 is 11.1 Å². The van der Waals surface area contributed by atoms with Crippen molar-refractivity contribution in [1.29, 1.82) is 0 Å². The van der Waals surface area contributed by atoms with Crippen LogP contribution in [-0.4, -0.2) is 4.99 Å². The number of nitrogens with two attached hydrogens (primary N) is 1. The van der Waals surface area contributed by atoms with E-state index in [9.17, 15) is 0 Å². The molecule has 18 heavy (non-hydrogen) atoms. The lowest BCUT2D eigenvalue weighted by Gasteiger charge is -2.12. The van der Waals surface area contributed by atoms with Crippen molar-refractivity contribution in [1.82, 2.24) is 0 Å². The van der Waals surface area contributed by atoms with Crippen molar-refractivity contribution in [2.75, 3.05) is 5.32 Å². The Morgan fingerprint density at radius 3 is 2.33 bits per heavy atom. The van der Waals surface area contributed by atoms with Crippen molar-refractivity contribution < 1.29 is 0 Å². The zero-order valence-corrected chi connectivity index (χ0v) is 11.6. The third kappa shape index (κ3) is 2.93. The Labute approximate surface area is 121 Å². The van der Waals surface area contributed by atoms with E-state index in [1.807, 2.05) is 24.3 Å². The van der Waals surface area contributed by atoms with Crippen LogP contribution in [-0.2, 0) is 0 Å². The lowest BCUT2D eigenvalue weighted by molar-refractivity contribution is 1.52. The molecule has 0 radical (unpaired) electrons. The number of hydrogen-bond donors (Lipinski definition) is 2. The van der Waals surface area contributed by atoms with Crippen molar-refractivity contribution >= 4 is 51.8 Å². The minimum absolute atomic E-state index is 0.261. The topological polar surface area (TPSA) is 38.0 Å². The highest BCUT2D eigenvalue weighted by Gasteiger charge is 2.09. The number of halogens is 2. The zero-order valence-electron chi connectivity index (χ0n) is 9.28. The standard InChI is InChI=1S/C13H10Cl2N2S/c14-8-4-6-9(7-5-8)17-11-3-1-2-10(15)12(11)13(16)18/h1-7,17H,(H2,16,18). The van der Waals surface area contributed by atoms with E-state index in [-0.39, 0.29) is 4.99 Å². The fourth-order valence-corrected chi connectivity index (χ4v) is 2.25. The van der Waals surface area contributed by atoms with Crippen molar-refractivity contribution in [3.8, 4) is 0 Å². The van der Waals surface area contributed by atoms with Gasteiger partial charge in [0.15, 0.2) is 0 Å². The number of rotatable bonds is 3. The minimum Gasteiger partial charge on any atom is -0.389 e. The van der Waals surface area contributed by atoms with Gasteiger partial charge in [-0.15, -0.1) is 0 Å². The van der Waals surface area contributed by atoms with Crippen LogP contribution in [0.3, 0.4) is 0 Å². The second-order valence-corrected chi connectivity index (χ2v) is 4.94. The van der Waals surface area contributed by atoms with Crippen LogP contribution in [0.25, 0.3) is 0 Å². The SMILES string of the molecule is NC(=S)c1c(Cl)cccc1Nc1ccc(Cl)cc1. The number of hydrogen-bond acceptors (Lipinski definition) is 2. The number of thiocarbonyl (C=S) groups is 1. The molecule has 2 aromatic carbocycles. The van der Waals surface area contributed by atoms with Gasteiger partial charge in [-0.2, -0.15) is 0 Å². The fraction of sp³-hybridized carbons (Fsp3) is 0. The van der Waals surface area contributed by atoms with Crippen molar-refractivity contribution in [3.63, 3.8) is 0 Å². The first-order valence-electron chi connectivity index (χ1n) is 5.19. The molecule has 0 aliphatic rings. The van der Waals surface area contributed by atoms with E-state index in [0.717, 1.165) is 11.4 Å². The monoisotopic (exact) mass is 296 g/mol. The summed E-state index contributed by atoms with van der Waals surface area (Å²) in [5.74, 6) is 0. The Bertz CT molecular complexity index is 582. The van der Waals surface area contributed by atoms with Crippen LogP contribution in [0.1, 0.15) is 5.56 Å². The quantitative estimate of drug-likeness (QED) is 0.826. The van der Waals surface area contributed by atoms with E-state index in [4.69, 9.17) is 41.2 Å². The molecule has 0 spiro atoms. The molecule has 0 atom stereocenters. The third-order valence-corrected chi connectivity index (χ3v) is 3.15. The lowest BCUT2D eigenvalue weighted by atomic mass is 10.1. The minimum atomic E-state index is 0.261. The van der Waals surface area contributed by atoms with Crippen LogP contribution in [0.2, 0.25) is 10.0 Å². The molecule has 0 saturated carbocycles. The Hall–Kier alpha value is -1.29. The zero-order chi connectivity index (χ0) is 13.1. The Morgan fingerprint density at radius 1 is 1.06 bits per heavy atom. The molecule has 5 heteroatoms. The van der Waals surface area contributed by atoms with Gasteiger partial charge < -0.3 is 11.1 Å². The van der Waals surface area contributed by atoms with E-state index in [1.54, 1.807) is 18.2 Å². The summed E-state index contributed by atoms with van der Waals surface area (Å²) in [7, 11) is 0. The Kier molecular flexibility index (Phi) is 4.07. The van der Waals surface area contributed by atoms with Crippen molar-refractivity contribution in [2.45, 2.75) is 0 Å². The normalized spacial score (nSPS) is 10.1. The van der Waals surface area contributed by atoms with Gasteiger partial charge in [0, 0.05) is 10.7 Å². The molecule has 0 aromatic heterocycles. The number of benzene rings is 2. The van der Waals surface area contributed by atoms with Crippen LogP contribution in [0, 0.1) is 0 Å². The molecule has 0 saturated heterocycles. The molecule has 2 aromatic rings. The van der Waals surface area contributed by atoms with Crippen LogP contribution in [0.15, 0.2) is 42.5 Å². The molecule has 0 amide bonds. The predicted octanol–water partition coefficient (Wildman–Crippen LogP) is 4.37. The summed E-state index contributed by atoms with van der Waals surface area (Å²) in [6, 6.07) is 12.8. The summed E-state index contributed by atoms with van der Waals surface area (Å²) in [5.41, 5.74) is 7.99. The molecule has 0 unspecified atom stereocenters. The fourth-order valence-electron chi connectivity index (χ4n) is 1.57. The lowest BCUT2D eigenvalue weighted by Crippen LogP contribution is -2.12. The predicted molar refractivity (Wildman–Crippen MR) is 82.1 cm³/mol. The molecular formula is C13H10Cl2N2S. The van der Waals surface area contributed by atoms with Crippen LogP contribution in [0.5, 0.6) is 0 Å². The van der Waals surface area contributed by atoms with E-state index < -0.39 is 0 Å². The largest absolute Gasteiger partial charge is 0.389 e. The molecule has 0 bridgehead atoms. The number of nitrogens with one attached hydrogen (secondary N) is 1. The molecule has 3 N–H and O–H groups in total. The summed E-state index contributed by atoms with van der Waals surface area (Å²) in [4.78, 5) is 0.261. The van der Waals surface area contributed by atoms with Crippen LogP contribution in [0.4, 0.5) is 11.4 Å². The summed E-state index contributed by atoms with van der Waals surface area (Å²) < 4.78 is 0. The van der Waals surface area contributed by atoms with Gasteiger partial charge in [-0.05, 0) is 36.4 Å². The van der Waals surface area contributed by atoms with E-state index in [2.05, 4.69) is 5.32 Å². The third-order valence-electron chi connectivity index (χ3n) is 2.38. The van der Waals surface area contributed by atoms with Crippen molar-refractivity contribution in [2.24, 2.45) is 5.73 Å². The first-order chi connectivity index (χ1) is 8.58. The Morgan fingerprint density at radius 2 is 1.72 bits per heavy atom. The van der Waals surface area contributed by atoms with Gasteiger partial charge >= 0.3 is 0 Å². The highest BCUT2D eigenvalue weighted by Crippen LogP contribution is 2.27. The maximum absolute atomic E-state index is 6.09. The Balaban J connectivity index is 2.37. The molecule has 2 nitrogen and oxygen atoms in total. The molecule has 0 aliphatic carbocycles. The average molecular weight is 297 g/mol. The van der Waals surface area contributed by atoms with E-state index in [1.165, 1.54) is 0 Å². The van der Waals surface area contributed by atoms with Gasteiger partial charge in [0.1, 0.15) is 4.99 Å². The molecule has 2 rings (SSSR count). The summed E-state index contributed by atoms with van der Waals surface area (Å²) >= 11 is 16.9. The van der Waals surface area contributed by atoms with Crippen molar-refractivity contribution in [3.05, 3.63) is 58.1 Å². The second-order valence-electron chi connectivity index (χ2n) is 3.66. The first-order valence-corrected chi connectivity index (χ1v) is 6.35. The van der Waals surface area contributed by atoms with E-state index >= 15 is 0 Å². The van der Waals surface area contributed by atoms with Crippen LogP contribution >= 0.6 is 35.4 Å². The maximum Gasteiger partial charge on any atom is 0.107 e.